The Hall–Kier alpha value is -6.12. The molecule has 0 N–H and O–H groups in total. The van der Waals surface area contributed by atoms with E-state index in [1.54, 1.807) is 0 Å². The number of rotatable bonds is 6. The van der Waals surface area contributed by atoms with Crippen molar-refractivity contribution in [3.63, 3.8) is 0 Å². The van der Waals surface area contributed by atoms with Gasteiger partial charge in [-0.1, -0.05) is 111 Å². The molecule has 50 heavy (non-hydrogen) atoms. The molecule has 0 atom stereocenters. The van der Waals surface area contributed by atoms with Crippen molar-refractivity contribution in [1.82, 2.24) is 0 Å². The van der Waals surface area contributed by atoms with Gasteiger partial charge in [0.2, 0.25) is 0 Å². The fourth-order valence-electron chi connectivity index (χ4n) is 7.93. The molecule has 0 saturated carbocycles. The number of nitrogens with zero attached hydrogens (tertiary/aromatic N) is 2. The van der Waals surface area contributed by atoms with E-state index in [0.29, 0.717) is 0 Å². The van der Waals surface area contributed by atoms with Crippen molar-refractivity contribution in [1.29, 1.82) is 0 Å². The SMILES string of the molecule is Cc1cccc(N(c2ccccc2)c2ccc3c(c2)C(C)(C)c2cc(N(c4ccccc4)c4cccc5cc6ccccc6cc45)ccc2-3)c1. The summed E-state index contributed by atoms with van der Waals surface area (Å²) in [5, 5.41) is 4.98. The average molecular weight is 643 g/mol. The van der Waals surface area contributed by atoms with Crippen LogP contribution in [0.4, 0.5) is 34.1 Å². The Morgan fingerprint density at radius 3 is 1.52 bits per heavy atom. The van der Waals surface area contributed by atoms with E-state index in [-0.39, 0.29) is 5.41 Å². The topological polar surface area (TPSA) is 6.48 Å². The Labute approximate surface area is 294 Å². The van der Waals surface area contributed by atoms with Crippen LogP contribution in [0.5, 0.6) is 0 Å². The monoisotopic (exact) mass is 642 g/mol. The highest BCUT2D eigenvalue weighted by Gasteiger charge is 2.37. The van der Waals surface area contributed by atoms with Crippen LogP contribution in [-0.4, -0.2) is 0 Å². The van der Waals surface area contributed by atoms with Gasteiger partial charge in [-0.05, 0) is 130 Å². The van der Waals surface area contributed by atoms with Gasteiger partial charge in [0.15, 0.2) is 0 Å². The molecule has 0 amide bonds. The molecule has 8 aromatic carbocycles. The highest BCUT2D eigenvalue weighted by atomic mass is 15.1. The zero-order valence-electron chi connectivity index (χ0n) is 28.6. The predicted molar refractivity (Wildman–Crippen MR) is 213 cm³/mol. The summed E-state index contributed by atoms with van der Waals surface area (Å²) in [5.41, 5.74) is 13.3. The molecular weight excluding hydrogens is 605 g/mol. The lowest BCUT2D eigenvalue weighted by molar-refractivity contribution is 0.660. The number of anilines is 6. The molecule has 0 heterocycles. The van der Waals surface area contributed by atoms with Crippen LogP contribution in [0.2, 0.25) is 0 Å². The highest BCUT2D eigenvalue weighted by molar-refractivity contribution is 6.06. The number of para-hydroxylation sites is 2. The number of hydrogen-bond acceptors (Lipinski definition) is 2. The second kappa shape index (κ2) is 11.8. The minimum Gasteiger partial charge on any atom is -0.310 e. The molecule has 2 nitrogen and oxygen atoms in total. The number of aryl methyl sites for hydroxylation is 1. The Bertz CT molecular complexity index is 2530. The molecule has 0 spiro atoms. The summed E-state index contributed by atoms with van der Waals surface area (Å²) in [5.74, 6) is 0. The van der Waals surface area contributed by atoms with Crippen LogP contribution in [0.3, 0.4) is 0 Å². The minimum absolute atomic E-state index is 0.205. The third kappa shape index (κ3) is 4.95. The van der Waals surface area contributed by atoms with Crippen molar-refractivity contribution < 1.29 is 0 Å². The van der Waals surface area contributed by atoms with Gasteiger partial charge in [0.25, 0.3) is 0 Å². The molecule has 0 aliphatic heterocycles. The second-order valence-electron chi connectivity index (χ2n) is 14.0. The van der Waals surface area contributed by atoms with Gasteiger partial charge < -0.3 is 9.80 Å². The van der Waals surface area contributed by atoms with E-state index in [4.69, 9.17) is 0 Å². The van der Waals surface area contributed by atoms with Gasteiger partial charge in [-0.25, -0.2) is 0 Å². The number of benzene rings is 8. The zero-order chi connectivity index (χ0) is 33.8. The summed E-state index contributed by atoms with van der Waals surface area (Å²) in [7, 11) is 0. The molecule has 2 heteroatoms. The number of hydrogen-bond donors (Lipinski definition) is 0. The first kappa shape index (κ1) is 30.0. The van der Waals surface area contributed by atoms with E-state index in [9.17, 15) is 0 Å². The van der Waals surface area contributed by atoms with Gasteiger partial charge in [-0.2, -0.15) is 0 Å². The molecule has 240 valence electrons. The quantitative estimate of drug-likeness (QED) is 0.167. The second-order valence-corrected chi connectivity index (χ2v) is 14.0. The molecule has 0 radical (unpaired) electrons. The number of fused-ring (bicyclic) bond motifs is 5. The van der Waals surface area contributed by atoms with Crippen LogP contribution >= 0.6 is 0 Å². The maximum absolute atomic E-state index is 2.43. The summed E-state index contributed by atoms with van der Waals surface area (Å²) in [6.45, 7) is 6.91. The van der Waals surface area contributed by atoms with Crippen LogP contribution < -0.4 is 9.80 Å². The molecule has 0 saturated heterocycles. The van der Waals surface area contributed by atoms with Gasteiger partial charge in [0, 0.05) is 39.2 Å². The molecule has 8 aromatic rings. The Balaban J connectivity index is 1.19. The van der Waals surface area contributed by atoms with Crippen LogP contribution in [0.15, 0.2) is 176 Å². The largest absolute Gasteiger partial charge is 0.310 e. The molecule has 9 rings (SSSR count). The molecule has 0 aromatic heterocycles. The maximum atomic E-state index is 2.43. The average Bonchev–Trinajstić information content (AvgIpc) is 3.37. The standard InChI is InChI=1S/C48H38N2/c1-33-14-12-22-39(28-33)49(37-18-6-4-7-19-37)40-24-26-42-43-27-25-41(32-46(43)48(2,3)45(42)31-40)50(38-20-8-5-9-21-38)47-23-13-17-36-29-34-15-10-11-16-35(34)30-44(36)47/h4-32H,1-3H3. The van der Waals surface area contributed by atoms with Crippen LogP contribution in [0, 0.1) is 6.92 Å². The first-order valence-electron chi connectivity index (χ1n) is 17.4. The lowest BCUT2D eigenvalue weighted by Crippen LogP contribution is -2.17. The van der Waals surface area contributed by atoms with Crippen molar-refractivity contribution >= 4 is 55.7 Å². The normalized spacial score (nSPS) is 12.9. The molecular formula is C48H38N2. The van der Waals surface area contributed by atoms with E-state index >= 15 is 0 Å². The molecule has 0 bridgehead atoms. The Morgan fingerprint density at radius 1 is 0.380 bits per heavy atom. The van der Waals surface area contributed by atoms with Crippen molar-refractivity contribution in [2.75, 3.05) is 9.80 Å². The fourth-order valence-corrected chi connectivity index (χ4v) is 7.93. The van der Waals surface area contributed by atoms with Crippen molar-refractivity contribution in [2.45, 2.75) is 26.2 Å². The minimum atomic E-state index is -0.205. The van der Waals surface area contributed by atoms with Gasteiger partial charge in [-0.15, -0.1) is 0 Å². The van der Waals surface area contributed by atoms with E-state index in [0.717, 1.165) is 28.4 Å². The van der Waals surface area contributed by atoms with E-state index in [1.807, 2.05) is 0 Å². The van der Waals surface area contributed by atoms with E-state index < -0.39 is 0 Å². The molecule has 1 aliphatic carbocycles. The predicted octanol–water partition coefficient (Wildman–Crippen LogP) is 13.5. The lowest BCUT2D eigenvalue weighted by atomic mass is 9.82. The van der Waals surface area contributed by atoms with E-state index in [2.05, 4.69) is 206 Å². The van der Waals surface area contributed by atoms with Crippen molar-refractivity contribution in [3.8, 4) is 11.1 Å². The van der Waals surface area contributed by atoms with Gasteiger partial charge in [-0.3, -0.25) is 0 Å². The van der Waals surface area contributed by atoms with Gasteiger partial charge in [0.05, 0.1) is 5.69 Å². The summed E-state index contributed by atoms with van der Waals surface area (Å²) in [4.78, 5) is 4.80. The molecule has 0 fully saturated rings. The smallest absolute Gasteiger partial charge is 0.0540 e. The van der Waals surface area contributed by atoms with Gasteiger partial charge in [0.1, 0.15) is 0 Å². The van der Waals surface area contributed by atoms with Gasteiger partial charge >= 0.3 is 0 Å². The highest BCUT2D eigenvalue weighted by Crippen LogP contribution is 2.52. The molecule has 1 aliphatic rings. The van der Waals surface area contributed by atoms with Crippen molar-refractivity contribution in [3.05, 3.63) is 193 Å². The first-order chi connectivity index (χ1) is 24.5. The molecule has 0 unspecified atom stereocenters. The lowest BCUT2D eigenvalue weighted by Gasteiger charge is -2.29. The third-order valence-electron chi connectivity index (χ3n) is 10.4. The maximum Gasteiger partial charge on any atom is 0.0540 e. The van der Waals surface area contributed by atoms with Crippen LogP contribution in [0.25, 0.3) is 32.7 Å². The third-order valence-corrected chi connectivity index (χ3v) is 10.4. The summed E-state index contributed by atoms with van der Waals surface area (Å²) in [6, 6.07) is 64.3. The van der Waals surface area contributed by atoms with E-state index in [1.165, 1.54) is 55.0 Å². The Morgan fingerprint density at radius 2 is 0.880 bits per heavy atom. The zero-order valence-corrected chi connectivity index (χ0v) is 28.6. The summed E-state index contributed by atoms with van der Waals surface area (Å²) >= 11 is 0. The summed E-state index contributed by atoms with van der Waals surface area (Å²) < 4.78 is 0. The van der Waals surface area contributed by atoms with Crippen molar-refractivity contribution in [2.24, 2.45) is 0 Å². The first-order valence-corrected chi connectivity index (χ1v) is 17.4. The summed E-state index contributed by atoms with van der Waals surface area (Å²) in [6.07, 6.45) is 0. The fraction of sp³-hybridized carbons (Fsp3) is 0.0833. The van der Waals surface area contributed by atoms with Crippen LogP contribution in [0.1, 0.15) is 30.5 Å². The Kier molecular flexibility index (Phi) is 7.07. The van der Waals surface area contributed by atoms with Crippen LogP contribution in [-0.2, 0) is 5.41 Å².